The van der Waals surface area contributed by atoms with E-state index in [0.717, 1.165) is 17.8 Å². The number of aliphatic hydroxyl groups is 1. The van der Waals surface area contributed by atoms with Crippen LogP contribution in [0, 0.1) is 5.92 Å². The van der Waals surface area contributed by atoms with E-state index in [1.54, 1.807) is 19.9 Å². The number of nitrogens with one attached hydrogen (secondary N) is 1. The van der Waals surface area contributed by atoms with Crippen molar-refractivity contribution in [3.8, 4) is 0 Å². The molecule has 1 heterocycles. The molecule has 110 valence electrons. The molecular weight excluding hydrogens is 306 g/mol. The fourth-order valence-electron chi connectivity index (χ4n) is 1.86. The van der Waals surface area contributed by atoms with Gasteiger partial charge in [-0.05, 0) is 31.9 Å². The predicted octanol–water partition coefficient (Wildman–Crippen LogP) is 2.87. The van der Waals surface area contributed by atoms with Gasteiger partial charge in [-0.15, -0.1) is 11.3 Å². The third kappa shape index (κ3) is 4.43. The van der Waals surface area contributed by atoms with E-state index in [1.807, 2.05) is 13.8 Å². The molecule has 2 N–H and O–H groups in total. The Labute approximate surface area is 123 Å². The SMILES string of the molecule is CC[C@H](C)[C@H](NS(=O)(=O)c1ccc(Cl)s1)C(C)(C)O. The zero-order valence-electron chi connectivity index (χ0n) is 11.5. The molecule has 19 heavy (non-hydrogen) atoms. The van der Waals surface area contributed by atoms with Crippen LogP contribution in [-0.2, 0) is 10.0 Å². The normalized spacial score (nSPS) is 16.3. The average molecular weight is 326 g/mol. The first-order valence-corrected chi connectivity index (χ1v) is 8.75. The van der Waals surface area contributed by atoms with E-state index in [2.05, 4.69) is 4.72 Å². The molecule has 0 saturated heterocycles. The highest BCUT2D eigenvalue weighted by molar-refractivity contribution is 7.91. The highest BCUT2D eigenvalue weighted by atomic mass is 35.5. The maximum atomic E-state index is 12.3. The molecule has 0 bridgehead atoms. The third-order valence-electron chi connectivity index (χ3n) is 3.07. The van der Waals surface area contributed by atoms with Crippen molar-refractivity contribution in [2.45, 2.75) is 50.0 Å². The number of rotatable bonds is 6. The molecule has 0 unspecified atom stereocenters. The summed E-state index contributed by atoms with van der Waals surface area (Å²) >= 11 is 6.76. The van der Waals surface area contributed by atoms with E-state index in [4.69, 9.17) is 11.6 Å². The molecule has 7 heteroatoms. The summed E-state index contributed by atoms with van der Waals surface area (Å²) in [5, 5.41) is 10.1. The molecule has 0 aliphatic rings. The van der Waals surface area contributed by atoms with Gasteiger partial charge in [-0.2, -0.15) is 0 Å². The summed E-state index contributed by atoms with van der Waals surface area (Å²) in [6, 6.07) is 2.46. The first-order chi connectivity index (χ1) is 8.58. The lowest BCUT2D eigenvalue weighted by Gasteiger charge is -2.34. The second-order valence-electron chi connectivity index (χ2n) is 5.20. The second-order valence-corrected chi connectivity index (χ2v) is 8.85. The van der Waals surface area contributed by atoms with Gasteiger partial charge in [0.15, 0.2) is 0 Å². The van der Waals surface area contributed by atoms with E-state index in [1.165, 1.54) is 6.07 Å². The Hall–Kier alpha value is -0.140. The number of hydrogen-bond donors (Lipinski definition) is 2. The lowest BCUT2D eigenvalue weighted by atomic mass is 9.87. The smallest absolute Gasteiger partial charge is 0.250 e. The molecule has 0 aliphatic carbocycles. The van der Waals surface area contributed by atoms with Crippen LogP contribution in [0.5, 0.6) is 0 Å². The third-order valence-corrected chi connectivity index (χ3v) is 6.23. The zero-order chi connectivity index (χ0) is 14.8. The fraction of sp³-hybridized carbons (Fsp3) is 0.667. The van der Waals surface area contributed by atoms with Gasteiger partial charge >= 0.3 is 0 Å². The Morgan fingerprint density at radius 1 is 1.47 bits per heavy atom. The Bertz CT molecular complexity index is 519. The quantitative estimate of drug-likeness (QED) is 0.845. The highest BCUT2D eigenvalue weighted by Gasteiger charge is 2.35. The van der Waals surface area contributed by atoms with E-state index < -0.39 is 21.7 Å². The van der Waals surface area contributed by atoms with Crippen LogP contribution in [0.1, 0.15) is 34.1 Å². The van der Waals surface area contributed by atoms with E-state index in [9.17, 15) is 13.5 Å². The Morgan fingerprint density at radius 2 is 2.05 bits per heavy atom. The summed E-state index contributed by atoms with van der Waals surface area (Å²) < 4.78 is 27.7. The lowest BCUT2D eigenvalue weighted by Crippen LogP contribution is -2.52. The Morgan fingerprint density at radius 3 is 2.42 bits per heavy atom. The number of thiophene rings is 1. The molecule has 1 aromatic rings. The average Bonchev–Trinajstić information content (AvgIpc) is 2.71. The van der Waals surface area contributed by atoms with Gasteiger partial charge in [-0.1, -0.05) is 31.9 Å². The maximum absolute atomic E-state index is 12.3. The standard InChI is InChI=1S/C12H20ClNO3S2/c1-5-8(2)11(12(3,4)15)14-19(16,17)10-7-6-9(13)18-10/h6-8,11,14-15H,5H2,1-4H3/t8-,11-/m0/s1. The van der Waals surface area contributed by atoms with Crippen molar-refractivity contribution in [2.75, 3.05) is 0 Å². The summed E-state index contributed by atoms with van der Waals surface area (Å²) in [5.41, 5.74) is -1.14. The molecule has 0 saturated carbocycles. The van der Waals surface area contributed by atoms with Gasteiger partial charge in [0.25, 0.3) is 0 Å². The summed E-state index contributed by atoms with van der Waals surface area (Å²) in [5.74, 6) is 0.0187. The number of hydrogen-bond acceptors (Lipinski definition) is 4. The predicted molar refractivity (Wildman–Crippen MR) is 79.2 cm³/mol. The zero-order valence-corrected chi connectivity index (χ0v) is 13.9. The fourth-order valence-corrected chi connectivity index (χ4v) is 4.84. The first kappa shape index (κ1) is 16.9. The minimum atomic E-state index is -3.65. The van der Waals surface area contributed by atoms with Crippen molar-refractivity contribution in [1.29, 1.82) is 0 Å². The second kappa shape index (κ2) is 6.10. The van der Waals surface area contributed by atoms with Crippen molar-refractivity contribution in [3.63, 3.8) is 0 Å². The lowest BCUT2D eigenvalue weighted by molar-refractivity contribution is 0.0257. The number of halogens is 1. The molecular formula is C12H20ClNO3S2. The molecule has 4 nitrogen and oxygen atoms in total. The molecule has 0 fully saturated rings. The van der Waals surface area contributed by atoms with Gasteiger partial charge in [-0.3, -0.25) is 0 Å². The molecule has 0 aliphatic heterocycles. The molecule has 0 radical (unpaired) electrons. The molecule has 0 spiro atoms. The minimum Gasteiger partial charge on any atom is -0.389 e. The first-order valence-electron chi connectivity index (χ1n) is 6.08. The van der Waals surface area contributed by atoms with Crippen LogP contribution in [0.2, 0.25) is 4.34 Å². The van der Waals surface area contributed by atoms with Gasteiger partial charge in [0.2, 0.25) is 10.0 Å². The molecule has 0 amide bonds. The van der Waals surface area contributed by atoms with Crippen LogP contribution < -0.4 is 4.72 Å². The Kier molecular flexibility index (Phi) is 5.43. The minimum absolute atomic E-state index is 0.0187. The molecule has 2 atom stereocenters. The van der Waals surface area contributed by atoms with E-state index in [0.29, 0.717) is 4.34 Å². The topological polar surface area (TPSA) is 66.4 Å². The Balaban J connectivity index is 3.03. The number of sulfonamides is 1. The van der Waals surface area contributed by atoms with Crippen LogP contribution in [0.15, 0.2) is 16.3 Å². The van der Waals surface area contributed by atoms with Crippen molar-refractivity contribution in [3.05, 3.63) is 16.5 Å². The van der Waals surface area contributed by atoms with Crippen molar-refractivity contribution < 1.29 is 13.5 Å². The van der Waals surface area contributed by atoms with Crippen molar-refractivity contribution >= 4 is 33.0 Å². The summed E-state index contributed by atoms with van der Waals surface area (Å²) in [4.78, 5) is 0. The van der Waals surface area contributed by atoms with Gasteiger partial charge in [0, 0.05) is 0 Å². The van der Waals surface area contributed by atoms with Crippen molar-refractivity contribution in [1.82, 2.24) is 4.72 Å². The van der Waals surface area contributed by atoms with Crippen molar-refractivity contribution in [2.24, 2.45) is 5.92 Å². The summed E-state index contributed by atoms with van der Waals surface area (Å²) in [6.45, 7) is 7.08. The highest BCUT2D eigenvalue weighted by Crippen LogP contribution is 2.28. The van der Waals surface area contributed by atoms with Gasteiger partial charge in [-0.25, -0.2) is 13.1 Å². The van der Waals surface area contributed by atoms with Gasteiger partial charge in [0.05, 0.1) is 16.0 Å². The van der Waals surface area contributed by atoms with Gasteiger partial charge in [0.1, 0.15) is 4.21 Å². The van der Waals surface area contributed by atoms with Crippen LogP contribution in [-0.4, -0.2) is 25.2 Å². The van der Waals surface area contributed by atoms with E-state index >= 15 is 0 Å². The van der Waals surface area contributed by atoms with Crippen LogP contribution in [0.4, 0.5) is 0 Å². The summed E-state index contributed by atoms with van der Waals surface area (Å²) in [6.07, 6.45) is 0.766. The summed E-state index contributed by atoms with van der Waals surface area (Å²) in [7, 11) is -3.65. The van der Waals surface area contributed by atoms with Crippen LogP contribution >= 0.6 is 22.9 Å². The molecule has 1 rings (SSSR count). The van der Waals surface area contributed by atoms with Crippen LogP contribution in [0.3, 0.4) is 0 Å². The largest absolute Gasteiger partial charge is 0.389 e. The monoisotopic (exact) mass is 325 g/mol. The molecule has 0 aromatic carbocycles. The van der Waals surface area contributed by atoms with Gasteiger partial charge < -0.3 is 5.11 Å². The maximum Gasteiger partial charge on any atom is 0.250 e. The van der Waals surface area contributed by atoms with E-state index in [-0.39, 0.29) is 10.1 Å². The molecule has 1 aromatic heterocycles. The van der Waals surface area contributed by atoms with Crippen LogP contribution in [0.25, 0.3) is 0 Å².